The van der Waals surface area contributed by atoms with Crippen molar-refractivity contribution < 1.29 is 4.74 Å². The summed E-state index contributed by atoms with van der Waals surface area (Å²) >= 11 is 0. The summed E-state index contributed by atoms with van der Waals surface area (Å²) in [5.41, 5.74) is 3.61. The summed E-state index contributed by atoms with van der Waals surface area (Å²) in [5, 5.41) is 6.68. The number of hydrogen-bond donors (Lipinski definition) is 2. The van der Waals surface area contributed by atoms with Gasteiger partial charge in [0.25, 0.3) is 5.88 Å². The number of nitrogens with one attached hydrogen (secondary N) is 2. The average Bonchev–Trinajstić information content (AvgIpc) is 2.67. The van der Waals surface area contributed by atoms with Crippen molar-refractivity contribution in [2.75, 3.05) is 24.8 Å². The fourth-order valence-electron chi connectivity index (χ4n) is 3.09. The largest absolute Gasteiger partial charge is 0.478 e. The van der Waals surface area contributed by atoms with Crippen LogP contribution in [0.4, 0.5) is 11.6 Å². The smallest absolute Gasteiger partial charge is 0.257 e. The van der Waals surface area contributed by atoms with Crippen LogP contribution in [0.5, 0.6) is 5.88 Å². The number of nitrogens with zero attached hydrogens (tertiary/aromatic N) is 3. The first-order valence-electron chi connectivity index (χ1n) is 9.83. The van der Waals surface area contributed by atoms with Crippen LogP contribution >= 0.6 is 0 Å². The van der Waals surface area contributed by atoms with Crippen LogP contribution in [-0.2, 0) is 0 Å². The third-order valence-electron chi connectivity index (χ3n) is 4.70. The zero-order chi connectivity index (χ0) is 20.0. The third kappa shape index (κ3) is 4.87. The predicted octanol–water partition coefficient (Wildman–Crippen LogP) is 5.01. The van der Waals surface area contributed by atoms with E-state index in [2.05, 4.69) is 50.5 Å². The molecule has 6 heteroatoms. The van der Waals surface area contributed by atoms with E-state index in [1.165, 1.54) is 0 Å². The summed E-state index contributed by atoms with van der Waals surface area (Å²) in [6.07, 6.45) is 3.24. The molecule has 1 unspecified atom stereocenters. The van der Waals surface area contributed by atoms with Gasteiger partial charge >= 0.3 is 0 Å². The molecule has 0 aliphatic carbocycles. The zero-order valence-corrected chi connectivity index (χ0v) is 17.7. The van der Waals surface area contributed by atoms with E-state index in [0.717, 1.165) is 47.7 Å². The van der Waals surface area contributed by atoms with E-state index in [1.807, 2.05) is 14.0 Å². The van der Waals surface area contributed by atoms with Crippen molar-refractivity contribution in [1.29, 1.82) is 0 Å². The normalized spacial score (nSPS) is 12.1. The van der Waals surface area contributed by atoms with Crippen molar-refractivity contribution in [3.05, 3.63) is 23.5 Å². The first-order chi connectivity index (χ1) is 12.9. The number of aromatic nitrogens is 3. The number of anilines is 2. The van der Waals surface area contributed by atoms with Crippen LogP contribution in [0.15, 0.2) is 12.1 Å². The maximum atomic E-state index is 5.54. The highest BCUT2D eigenvalue weighted by atomic mass is 16.5. The molecular formula is C21H33N5O. The van der Waals surface area contributed by atoms with E-state index < -0.39 is 0 Å². The number of aryl methyl sites for hydroxylation is 1. The van der Waals surface area contributed by atoms with Crippen molar-refractivity contribution in [2.24, 2.45) is 0 Å². The third-order valence-corrected chi connectivity index (χ3v) is 4.70. The Balaban J connectivity index is 2.47. The highest BCUT2D eigenvalue weighted by molar-refractivity contribution is 5.75. The first-order valence-corrected chi connectivity index (χ1v) is 9.83. The lowest BCUT2D eigenvalue weighted by molar-refractivity contribution is 0.397. The van der Waals surface area contributed by atoms with E-state index in [-0.39, 0.29) is 0 Å². The van der Waals surface area contributed by atoms with Crippen molar-refractivity contribution in [2.45, 2.75) is 65.8 Å². The Morgan fingerprint density at radius 3 is 2.37 bits per heavy atom. The Labute approximate surface area is 163 Å². The molecular weight excluding hydrogens is 338 g/mol. The minimum atomic E-state index is 0.364. The average molecular weight is 372 g/mol. The van der Waals surface area contributed by atoms with Gasteiger partial charge in [-0.15, -0.1) is 0 Å². The van der Waals surface area contributed by atoms with Gasteiger partial charge in [0.05, 0.1) is 18.5 Å². The SMILES string of the molecule is CCCC(CC)Nc1nc(C)c(-c2ccc(C(C)C)nc2NC)nc1OC. The fraction of sp³-hybridized carbons (Fsp3) is 0.571. The van der Waals surface area contributed by atoms with Gasteiger partial charge in [-0.3, -0.25) is 0 Å². The second-order valence-corrected chi connectivity index (χ2v) is 7.09. The maximum absolute atomic E-state index is 5.54. The summed E-state index contributed by atoms with van der Waals surface area (Å²) in [7, 11) is 3.51. The molecule has 2 aromatic heterocycles. The van der Waals surface area contributed by atoms with Crippen LogP contribution in [0.25, 0.3) is 11.3 Å². The van der Waals surface area contributed by atoms with Gasteiger partial charge in [-0.2, -0.15) is 0 Å². The molecule has 0 radical (unpaired) electrons. The van der Waals surface area contributed by atoms with E-state index in [4.69, 9.17) is 19.7 Å². The van der Waals surface area contributed by atoms with E-state index in [9.17, 15) is 0 Å². The van der Waals surface area contributed by atoms with E-state index >= 15 is 0 Å². The number of rotatable bonds is 9. The molecule has 0 aliphatic rings. The van der Waals surface area contributed by atoms with Gasteiger partial charge in [-0.05, 0) is 37.8 Å². The van der Waals surface area contributed by atoms with Gasteiger partial charge in [-0.1, -0.05) is 34.1 Å². The van der Waals surface area contributed by atoms with Gasteiger partial charge < -0.3 is 15.4 Å². The standard InChI is InChI=1S/C21H33N5O/c1-8-10-15(9-2)24-20-21(27-7)26-18(14(5)23-20)16-11-12-17(13(3)4)25-19(16)22-6/h11-13,15H,8-10H2,1-7H3,(H,22,25)(H,23,24). The van der Waals surface area contributed by atoms with Gasteiger partial charge in [-0.25, -0.2) is 15.0 Å². The molecule has 0 spiro atoms. The van der Waals surface area contributed by atoms with Crippen LogP contribution < -0.4 is 15.4 Å². The van der Waals surface area contributed by atoms with Gasteiger partial charge in [0.2, 0.25) is 0 Å². The van der Waals surface area contributed by atoms with E-state index in [0.29, 0.717) is 23.7 Å². The van der Waals surface area contributed by atoms with Crippen LogP contribution in [-0.4, -0.2) is 35.2 Å². The molecule has 27 heavy (non-hydrogen) atoms. The molecule has 2 N–H and O–H groups in total. The highest BCUT2D eigenvalue weighted by Gasteiger charge is 2.18. The lowest BCUT2D eigenvalue weighted by Gasteiger charge is -2.20. The molecule has 0 fully saturated rings. The quantitative estimate of drug-likeness (QED) is 0.645. The van der Waals surface area contributed by atoms with Crippen molar-refractivity contribution in [3.63, 3.8) is 0 Å². The monoisotopic (exact) mass is 371 g/mol. The number of methoxy groups -OCH3 is 1. The summed E-state index contributed by atoms with van der Waals surface area (Å²) < 4.78 is 5.54. The minimum absolute atomic E-state index is 0.364. The lowest BCUT2D eigenvalue weighted by Crippen LogP contribution is -2.20. The number of ether oxygens (including phenoxy) is 1. The number of pyridine rings is 1. The molecule has 2 aromatic rings. The van der Waals surface area contributed by atoms with Crippen LogP contribution in [0.2, 0.25) is 0 Å². The lowest BCUT2D eigenvalue weighted by atomic mass is 10.1. The minimum Gasteiger partial charge on any atom is -0.478 e. The van der Waals surface area contributed by atoms with E-state index in [1.54, 1.807) is 7.11 Å². The Bertz CT molecular complexity index is 760. The summed E-state index contributed by atoms with van der Waals surface area (Å²) in [6.45, 7) is 10.6. The van der Waals surface area contributed by atoms with Gasteiger partial charge in [0.1, 0.15) is 5.82 Å². The molecule has 0 aliphatic heterocycles. The second kappa shape index (κ2) is 9.53. The molecule has 148 valence electrons. The van der Waals surface area contributed by atoms with Gasteiger partial charge in [0.15, 0.2) is 5.82 Å². The number of hydrogen-bond acceptors (Lipinski definition) is 6. The summed E-state index contributed by atoms with van der Waals surface area (Å²) in [6, 6.07) is 4.47. The Morgan fingerprint density at radius 2 is 1.81 bits per heavy atom. The van der Waals surface area contributed by atoms with Crippen molar-refractivity contribution >= 4 is 11.6 Å². The second-order valence-electron chi connectivity index (χ2n) is 7.09. The zero-order valence-electron chi connectivity index (χ0n) is 17.7. The Hall–Kier alpha value is -2.37. The van der Waals surface area contributed by atoms with Crippen LogP contribution in [0, 0.1) is 6.92 Å². The fourth-order valence-corrected chi connectivity index (χ4v) is 3.09. The summed E-state index contributed by atoms with van der Waals surface area (Å²) in [5.74, 6) is 2.39. The molecule has 0 saturated heterocycles. The molecule has 1 atom stereocenters. The maximum Gasteiger partial charge on any atom is 0.257 e. The van der Waals surface area contributed by atoms with Crippen LogP contribution in [0.1, 0.15) is 64.3 Å². The van der Waals surface area contributed by atoms with Crippen LogP contribution in [0.3, 0.4) is 0 Å². The Kier molecular flexibility index (Phi) is 7.39. The molecule has 0 aromatic carbocycles. The topological polar surface area (TPSA) is 72.0 Å². The highest BCUT2D eigenvalue weighted by Crippen LogP contribution is 2.32. The van der Waals surface area contributed by atoms with Crippen molar-refractivity contribution in [3.8, 4) is 17.1 Å². The molecule has 0 bridgehead atoms. The predicted molar refractivity (Wildman–Crippen MR) is 113 cm³/mol. The molecule has 0 saturated carbocycles. The molecule has 2 rings (SSSR count). The first kappa shape index (κ1) is 20.9. The molecule has 2 heterocycles. The van der Waals surface area contributed by atoms with Gasteiger partial charge in [0, 0.05) is 24.3 Å². The molecule has 0 amide bonds. The van der Waals surface area contributed by atoms with Crippen molar-refractivity contribution in [1.82, 2.24) is 15.0 Å². The molecule has 6 nitrogen and oxygen atoms in total. The summed E-state index contributed by atoms with van der Waals surface area (Å²) in [4.78, 5) is 14.3. The Morgan fingerprint density at radius 1 is 1.07 bits per heavy atom.